The molecule has 1 aliphatic heterocycles. The van der Waals surface area contributed by atoms with E-state index in [1.165, 1.54) is 16.3 Å². The first-order valence-corrected chi connectivity index (χ1v) is 8.91. The van der Waals surface area contributed by atoms with Gasteiger partial charge < -0.3 is 10.2 Å². The zero-order valence-electron chi connectivity index (χ0n) is 13.3. The smallest absolute Gasteiger partial charge is 0.224 e. The summed E-state index contributed by atoms with van der Waals surface area (Å²) in [6, 6.07) is 15.0. The quantitative estimate of drug-likeness (QED) is 0.918. The Morgan fingerprint density at radius 1 is 1.26 bits per heavy atom. The molecule has 1 fully saturated rings. The summed E-state index contributed by atoms with van der Waals surface area (Å²) < 4.78 is 0. The van der Waals surface area contributed by atoms with Crippen molar-refractivity contribution in [2.24, 2.45) is 0 Å². The van der Waals surface area contributed by atoms with E-state index in [-0.39, 0.29) is 18.3 Å². The summed E-state index contributed by atoms with van der Waals surface area (Å²) in [7, 11) is 1.90. The van der Waals surface area contributed by atoms with Crippen molar-refractivity contribution in [2.45, 2.75) is 19.0 Å². The molecule has 2 aromatic carbocycles. The Hall–Kier alpha value is -1.23. The second-order valence-electron chi connectivity index (χ2n) is 5.82. The molecule has 1 saturated heterocycles. The van der Waals surface area contributed by atoms with Crippen LogP contribution in [-0.2, 0) is 11.3 Å². The molecule has 0 aromatic heterocycles. The number of thioether (sulfide) groups is 1. The number of nitrogens with one attached hydrogen (secondary N) is 1. The van der Waals surface area contributed by atoms with Gasteiger partial charge in [0, 0.05) is 44.1 Å². The van der Waals surface area contributed by atoms with Crippen LogP contribution in [0.2, 0.25) is 0 Å². The number of hydrogen-bond acceptors (Lipinski definition) is 3. The number of carbonyl (C=O) groups excluding carboxylic acids is 1. The van der Waals surface area contributed by atoms with E-state index in [0.29, 0.717) is 19.0 Å². The van der Waals surface area contributed by atoms with Crippen molar-refractivity contribution in [1.29, 1.82) is 0 Å². The summed E-state index contributed by atoms with van der Waals surface area (Å²) in [6.45, 7) is 1.68. The Bertz CT molecular complexity index is 653. The lowest BCUT2D eigenvalue weighted by atomic mass is 10.0. The number of halogens is 1. The fraction of sp³-hybridized carbons (Fsp3) is 0.389. The minimum absolute atomic E-state index is 0. The van der Waals surface area contributed by atoms with E-state index in [4.69, 9.17) is 0 Å². The number of nitrogens with zero attached hydrogens (tertiary/aromatic N) is 1. The van der Waals surface area contributed by atoms with Gasteiger partial charge in [-0.15, -0.1) is 12.4 Å². The summed E-state index contributed by atoms with van der Waals surface area (Å²) in [5, 5.41) is 5.89. The van der Waals surface area contributed by atoms with E-state index in [1.807, 2.05) is 29.8 Å². The molecule has 124 valence electrons. The third-order valence-electron chi connectivity index (χ3n) is 4.13. The molecule has 0 saturated carbocycles. The zero-order chi connectivity index (χ0) is 15.4. The van der Waals surface area contributed by atoms with Gasteiger partial charge in [-0.25, -0.2) is 0 Å². The highest BCUT2D eigenvalue weighted by Gasteiger charge is 2.19. The Balaban J connectivity index is 0.00000192. The Kier molecular flexibility index (Phi) is 6.75. The van der Waals surface area contributed by atoms with Crippen LogP contribution in [0.15, 0.2) is 42.5 Å². The van der Waals surface area contributed by atoms with Gasteiger partial charge in [-0.1, -0.05) is 42.5 Å². The monoisotopic (exact) mass is 350 g/mol. The summed E-state index contributed by atoms with van der Waals surface area (Å²) in [6.07, 6.45) is 0.592. The lowest BCUT2D eigenvalue weighted by Gasteiger charge is -2.25. The van der Waals surface area contributed by atoms with E-state index >= 15 is 0 Å². The molecule has 1 unspecified atom stereocenters. The van der Waals surface area contributed by atoms with Gasteiger partial charge in [0.15, 0.2) is 0 Å². The molecule has 1 amide bonds. The highest BCUT2D eigenvalue weighted by molar-refractivity contribution is 7.99. The number of amides is 1. The fourth-order valence-electron chi connectivity index (χ4n) is 2.89. The minimum Gasteiger partial charge on any atom is -0.341 e. The van der Waals surface area contributed by atoms with Crippen molar-refractivity contribution >= 4 is 40.8 Å². The minimum atomic E-state index is 0. The van der Waals surface area contributed by atoms with Gasteiger partial charge in [-0.3, -0.25) is 4.79 Å². The molecule has 5 heteroatoms. The van der Waals surface area contributed by atoms with Crippen molar-refractivity contribution in [3.05, 3.63) is 48.0 Å². The molecule has 0 radical (unpaired) electrons. The number of rotatable bonds is 4. The number of fused-ring (bicyclic) bond motifs is 1. The van der Waals surface area contributed by atoms with E-state index in [9.17, 15) is 4.79 Å². The van der Waals surface area contributed by atoms with Crippen LogP contribution in [0.3, 0.4) is 0 Å². The van der Waals surface area contributed by atoms with Crippen LogP contribution >= 0.6 is 24.2 Å². The van der Waals surface area contributed by atoms with Crippen molar-refractivity contribution < 1.29 is 4.79 Å². The summed E-state index contributed by atoms with van der Waals surface area (Å²) in [5.41, 5.74) is 1.21. The molecule has 1 N–H and O–H groups in total. The Labute approximate surface area is 148 Å². The van der Waals surface area contributed by atoms with Gasteiger partial charge >= 0.3 is 0 Å². The van der Waals surface area contributed by atoms with E-state index < -0.39 is 0 Å². The molecular formula is C18H23ClN2OS. The van der Waals surface area contributed by atoms with Crippen LogP contribution < -0.4 is 5.32 Å². The molecule has 1 atom stereocenters. The molecule has 3 nitrogen and oxygen atoms in total. The molecule has 1 heterocycles. The third-order valence-corrected chi connectivity index (χ3v) is 5.26. The molecule has 0 bridgehead atoms. The Morgan fingerprint density at radius 3 is 2.83 bits per heavy atom. The maximum Gasteiger partial charge on any atom is 0.224 e. The molecular weight excluding hydrogens is 328 g/mol. The van der Waals surface area contributed by atoms with Crippen LogP contribution in [0.25, 0.3) is 10.8 Å². The van der Waals surface area contributed by atoms with Gasteiger partial charge in [0.1, 0.15) is 0 Å². The van der Waals surface area contributed by atoms with Crippen molar-refractivity contribution in [2.75, 3.05) is 25.1 Å². The zero-order valence-corrected chi connectivity index (χ0v) is 15.0. The summed E-state index contributed by atoms with van der Waals surface area (Å²) in [4.78, 5) is 14.3. The first-order valence-electron chi connectivity index (χ1n) is 7.76. The average molecular weight is 351 g/mol. The van der Waals surface area contributed by atoms with Gasteiger partial charge in [0.2, 0.25) is 5.91 Å². The van der Waals surface area contributed by atoms with Crippen LogP contribution in [-0.4, -0.2) is 41.9 Å². The predicted octanol–water partition coefficient (Wildman–Crippen LogP) is 3.32. The van der Waals surface area contributed by atoms with E-state index in [2.05, 4.69) is 41.7 Å². The SMILES string of the molecule is CN(Cc1cccc2ccccc12)C(=O)CC1CSCCN1.Cl. The maximum atomic E-state index is 12.4. The van der Waals surface area contributed by atoms with Crippen LogP contribution in [0, 0.1) is 0 Å². The molecule has 0 spiro atoms. The van der Waals surface area contributed by atoms with Crippen LogP contribution in [0.4, 0.5) is 0 Å². The lowest BCUT2D eigenvalue weighted by Crippen LogP contribution is -2.41. The van der Waals surface area contributed by atoms with E-state index in [0.717, 1.165) is 18.1 Å². The largest absolute Gasteiger partial charge is 0.341 e. The second-order valence-corrected chi connectivity index (χ2v) is 6.97. The highest BCUT2D eigenvalue weighted by atomic mass is 35.5. The number of benzene rings is 2. The lowest BCUT2D eigenvalue weighted by molar-refractivity contribution is -0.130. The van der Waals surface area contributed by atoms with Crippen LogP contribution in [0.5, 0.6) is 0 Å². The van der Waals surface area contributed by atoms with Crippen molar-refractivity contribution in [3.63, 3.8) is 0 Å². The molecule has 0 aliphatic carbocycles. The molecule has 3 rings (SSSR count). The average Bonchev–Trinajstić information content (AvgIpc) is 2.56. The standard InChI is InChI=1S/C18H22N2OS.ClH/c1-20(18(21)11-16-13-22-10-9-19-16)12-15-7-4-6-14-5-2-3-8-17(14)15;/h2-8,16,19H,9-13H2,1H3;1H. The topological polar surface area (TPSA) is 32.3 Å². The summed E-state index contributed by atoms with van der Waals surface area (Å²) in [5.74, 6) is 2.40. The first-order chi connectivity index (χ1) is 10.7. The highest BCUT2D eigenvalue weighted by Crippen LogP contribution is 2.20. The normalized spacial score (nSPS) is 17.5. The van der Waals surface area contributed by atoms with E-state index in [1.54, 1.807) is 0 Å². The second kappa shape index (κ2) is 8.57. The predicted molar refractivity (Wildman–Crippen MR) is 101 cm³/mol. The molecule has 2 aromatic rings. The van der Waals surface area contributed by atoms with Gasteiger partial charge in [-0.2, -0.15) is 11.8 Å². The van der Waals surface area contributed by atoms with Crippen molar-refractivity contribution in [1.82, 2.24) is 10.2 Å². The molecule has 23 heavy (non-hydrogen) atoms. The van der Waals surface area contributed by atoms with Gasteiger partial charge in [0.05, 0.1) is 0 Å². The molecule has 1 aliphatic rings. The number of carbonyl (C=O) groups is 1. The fourth-order valence-corrected chi connectivity index (χ4v) is 3.84. The van der Waals surface area contributed by atoms with Crippen LogP contribution in [0.1, 0.15) is 12.0 Å². The van der Waals surface area contributed by atoms with Gasteiger partial charge in [-0.05, 0) is 16.3 Å². The Morgan fingerprint density at radius 2 is 2.04 bits per heavy atom. The number of hydrogen-bond donors (Lipinski definition) is 1. The maximum absolute atomic E-state index is 12.4. The van der Waals surface area contributed by atoms with Crippen molar-refractivity contribution in [3.8, 4) is 0 Å². The first kappa shape index (κ1) is 18.1. The third kappa shape index (κ3) is 4.63. The summed E-state index contributed by atoms with van der Waals surface area (Å²) >= 11 is 1.93. The van der Waals surface area contributed by atoms with Gasteiger partial charge in [0.25, 0.3) is 0 Å².